The molecule has 1 fully saturated rings. The SMILES string of the molecule is NCC1(C(=O)Nc2ccc(Cn3cncn3)cc2)CCC1. The van der Waals surface area contributed by atoms with Gasteiger partial charge in [0.05, 0.1) is 12.0 Å². The van der Waals surface area contributed by atoms with Crippen molar-refractivity contribution in [2.75, 3.05) is 11.9 Å². The fraction of sp³-hybridized carbons (Fsp3) is 0.400. The van der Waals surface area contributed by atoms with Crippen molar-refractivity contribution >= 4 is 11.6 Å². The molecule has 110 valence electrons. The predicted molar refractivity (Wildman–Crippen MR) is 79.5 cm³/mol. The highest BCUT2D eigenvalue weighted by Gasteiger charge is 2.42. The maximum atomic E-state index is 12.3. The van der Waals surface area contributed by atoms with Crippen molar-refractivity contribution in [1.29, 1.82) is 0 Å². The van der Waals surface area contributed by atoms with Gasteiger partial charge in [0.2, 0.25) is 5.91 Å². The molecule has 1 saturated carbocycles. The van der Waals surface area contributed by atoms with E-state index in [-0.39, 0.29) is 11.3 Å². The molecule has 1 aliphatic rings. The van der Waals surface area contributed by atoms with Crippen LogP contribution in [0.2, 0.25) is 0 Å². The zero-order valence-electron chi connectivity index (χ0n) is 11.8. The molecule has 0 atom stereocenters. The summed E-state index contributed by atoms with van der Waals surface area (Å²) in [5.41, 5.74) is 7.31. The molecule has 3 N–H and O–H groups in total. The Morgan fingerprint density at radius 3 is 2.62 bits per heavy atom. The lowest BCUT2D eigenvalue weighted by atomic mass is 9.68. The van der Waals surface area contributed by atoms with Gasteiger partial charge in [0, 0.05) is 12.2 Å². The molecule has 0 bridgehead atoms. The van der Waals surface area contributed by atoms with Gasteiger partial charge in [0.15, 0.2) is 0 Å². The van der Waals surface area contributed by atoms with Crippen LogP contribution in [0.25, 0.3) is 0 Å². The van der Waals surface area contributed by atoms with Crippen LogP contribution < -0.4 is 11.1 Å². The summed E-state index contributed by atoms with van der Waals surface area (Å²) >= 11 is 0. The van der Waals surface area contributed by atoms with Crippen molar-refractivity contribution in [1.82, 2.24) is 14.8 Å². The molecule has 0 radical (unpaired) electrons. The third-order valence-electron chi connectivity index (χ3n) is 4.21. The van der Waals surface area contributed by atoms with Gasteiger partial charge in [-0.15, -0.1) is 0 Å². The Morgan fingerprint density at radius 1 is 1.33 bits per heavy atom. The van der Waals surface area contributed by atoms with E-state index in [2.05, 4.69) is 15.4 Å². The largest absolute Gasteiger partial charge is 0.329 e. The number of benzene rings is 1. The Balaban J connectivity index is 1.63. The van der Waals surface area contributed by atoms with Gasteiger partial charge >= 0.3 is 0 Å². The summed E-state index contributed by atoms with van der Waals surface area (Å²) in [5.74, 6) is 0.0419. The molecular weight excluding hydrogens is 266 g/mol. The summed E-state index contributed by atoms with van der Waals surface area (Å²) < 4.78 is 1.76. The summed E-state index contributed by atoms with van der Waals surface area (Å²) in [7, 11) is 0. The number of hydrogen-bond acceptors (Lipinski definition) is 4. The fourth-order valence-electron chi connectivity index (χ4n) is 2.59. The van der Waals surface area contributed by atoms with Gasteiger partial charge in [-0.1, -0.05) is 18.6 Å². The molecule has 0 saturated heterocycles. The van der Waals surface area contributed by atoms with Crippen molar-refractivity contribution < 1.29 is 4.79 Å². The minimum absolute atomic E-state index is 0.0419. The second kappa shape index (κ2) is 5.65. The standard InChI is InChI=1S/C15H19N5O/c16-9-15(6-1-7-15)14(21)19-13-4-2-12(3-5-13)8-20-11-17-10-18-20/h2-5,10-11H,1,6-9,16H2,(H,19,21). The number of nitrogens with zero attached hydrogens (tertiary/aromatic N) is 3. The number of aromatic nitrogens is 3. The second-order valence-electron chi connectivity index (χ2n) is 5.58. The van der Waals surface area contributed by atoms with Crippen molar-refractivity contribution in [2.24, 2.45) is 11.1 Å². The fourth-order valence-corrected chi connectivity index (χ4v) is 2.59. The van der Waals surface area contributed by atoms with E-state index < -0.39 is 0 Å². The van der Waals surface area contributed by atoms with E-state index >= 15 is 0 Å². The molecule has 0 aliphatic heterocycles. The smallest absolute Gasteiger partial charge is 0.231 e. The van der Waals surface area contributed by atoms with E-state index in [0.29, 0.717) is 13.1 Å². The van der Waals surface area contributed by atoms with Crippen LogP contribution in [0.1, 0.15) is 24.8 Å². The number of carbonyl (C=O) groups is 1. The third-order valence-corrected chi connectivity index (χ3v) is 4.21. The Morgan fingerprint density at radius 2 is 2.10 bits per heavy atom. The summed E-state index contributed by atoms with van der Waals surface area (Å²) in [6.07, 6.45) is 6.05. The minimum Gasteiger partial charge on any atom is -0.329 e. The van der Waals surface area contributed by atoms with Gasteiger partial charge < -0.3 is 11.1 Å². The van der Waals surface area contributed by atoms with Crippen LogP contribution in [0.15, 0.2) is 36.9 Å². The maximum absolute atomic E-state index is 12.3. The molecule has 1 aliphatic carbocycles. The lowest BCUT2D eigenvalue weighted by Gasteiger charge is -2.39. The van der Waals surface area contributed by atoms with Crippen molar-refractivity contribution in [3.63, 3.8) is 0 Å². The first kappa shape index (κ1) is 13.8. The second-order valence-corrected chi connectivity index (χ2v) is 5.58. The molecule has 0 spiro atoms. The number of carbonyl (C=O) groups excluding carboxylic acids is 1. The Hall–Kier alpha value is -2.21. The van der Waals surface area contributed by atoms with E-state index in [1.54, 1.807) is 11.0 Å². The van der Waals surface area contributed by atoms with E-state index in [0.717, 1.165) is 30.5 Å². The number of amides is 1. The lowest BCUT2D eigenvalue weighted by molar-refractivity contribution is -0.129. The van der Waals surface area contributed by atoms with Crippen LogP contribution in [0, 0.1) is 5.41 Å². The molecule has 1 amide bonds. The number of nitrogens with two attached hydrogens (primary N) is 1. The topological polar surface area (TPSA) is 85.8 Å². The molecule has 6 nitrogen and oxygen atoms in total. The molecule has 6 heteroatoms. The van der Waals surface area contributed by atoms with Crippen LogP contribution in [0.4, 0.5) is 5.69 Å². The molecule has 1 aromatic heterocycles. The third kappa shape index (κ3) is 2.80. The number of anilines is 1. The maximum Gasteiger partial charge on any atom is 0.231 e. The predicted octanol–water partition coefficient (Wildman–Crippen LogP) is 1.39. The quantitative estimate of drug-likeness (QED) is 0.869. The van der Waals surface area contributed by atoms with Gasteiger partial charge in [-0.3, -0.25) is 4.79 Å². The highest BCUT2D eigenvalue weighted by molar-refractivity contribution is 5.96. The monoisotopic (exact) mass is 285 g/mol. The summed E-state index contributed by atoms with van der Waals surface area (Å²) in [4.78, 5) is 16.2. The van der Waals surface area contributed by atoms with Crippen LogP contribution in [-0.2, 0) is 11.3 Å². The van der Waals surface area contributed by atoms with Crippen LogP contribution >= 0.6 is 0 Å². The Labute approximate surface area is 123 Å². The summed E-state index contributed by atoms with van der Waals surface area (Å²) in [5, 5.41) is 7.03. The Bertz CT molecular complexity index is 596. The number of hydrogen-bond donors (Lipinski definition) is 2. The number of rotatable bonds is 5. The van der Waals surface area contributed by atoms with Gasteiger partial charge in [0.25, 0.3) is 0 Å². The van der Waals surface area contributed by atoms with E-state index in [1.165, 1.54) is 6.33 Å². The molecule has 1 aromatic carbocycles. The lowest BCUT2D eigenvalue weighted by Crippen LogP contribution is -2.47. The molecule has 21 heavy (non-hydrogen) atoms. The van der Waals surface area contributed by atoms with Crippen LogP contribution in [-0.4, -0.2) is 27.2 Å². The normalized spacial score (nSPS) is 16.2. The molecule has 0 unspecified atom stereocenters. The molecule has 1 heterocycles. The average molecular weight is 285 g/mol. The van der Waals surface area contributed by atoms with E-state index in [9.17, 15) is 4.79 Å². The zero-order chi connectivity index (χ0) is 14.7. The van der Waals surface area contributed by atoms with Gasteiger partial charge in [-0.25, -0.2) is 9.67 Å². The van der Waals surface area contributed by atoms with Gasteiger partial charge in [-0.05, 0) is 30.5 Å². The van der Waals surface area contributed by atoms with Crippen LogP contribution in [0.3, 0.4) is 0 Å². The number of nitrogens with one attached hydrogen (secondary N) is 1. The summed E-state index contributed by atoms with van der Waals surface area (Å²) in [6.45, 7) is 1.09. The Kier molecular flexibility index (Phi) is 3.70. The average Bonchev–Trinajstić information content (AvgIpc) is 2.93. The van der Waals surface area contributed by atoms with Crippen molar-refractivity contribution in [3.8, 4) is 0 Å². The molecular formula is C15H19N5O. The first-order valence-electron chi connectivity index (χ1n) is 7.15. The van der Waals surface area contributed by atoms with Crippen LogP contribution in [0.5, 0.6) is 0 Å². The molecule has 3 rings (SSSR count). The highest BCUT2D eigenvalue weighted by atomic mass is 16.2. The zero-order valence-corrected chi connectivity index (χ0v) is 11.8. The highest BCUT2D eigenvalue weighted by Crippen LogP contribution is 2.40. The van der Waals surface area contributed by atoms with E-state index in [4.69, 9.17) is 5.73 Å². The summed E-state index contributed by atoms with van der Waals surface area (Å²) in [6, 6.07) is 7.78. The van der Waals surface area contributed by atoms with Gasteiger partial charge in [0.1, 0.15) is 12.7 Å². The first-order chi connectivity index (χ1) is 10.2. The first-order valence-corrected chi connectivity index (χ1v) is 7.15. The minimum atomic E-state index is -0.348. The molecule has 2 aromatic rings. The van der Waals surface area contributed by atoms with E-state index in [1.807, 2.05) is 24.3 Å². The van der Waals surface area contributed by atoms with Gasteiger partial charge in [-0.2, -0.15) is 5.10 Å². The van der Waals surface area contributed by atoms with Crippen molar-refractivity contribution in [2.45, 2.75) is 25.8 Å². The van der Waals surface area contributed by atoms with Crippen molar-refractivity contribution in [3.05, 3.63) is 42.5 Å².